The number of amides is 1. The zero-order chi connectivity index (χ0) is 14.0. The maximum atomic E-state index is 12.7. The van der Waals surface area contributed by atoms with Crippen molar-refractivity contribution in [1.29, 1.82) is 0 Å². The highest BCUT2D eigenvalue weighted by molar-refractivity contribution is 5.93. The smallest absolute Gasteiger partial charge is 0.349 e. The Morgan fingerprint density at radius 1 is 1.47 bits per heavy atom. The van der Waals surface area contributed by atoms with E-state index in [-0.39, 0.29) is 18.7 Å². The van der Waals surface area contributed by atoms with Crippen molar-refractivity contribution in [1.82, 2.24) is 15.1 Å². The monoisotopic (exact) mass is 275 g/mol. The normalized spacial score (nSPS) is 24.2. The van der Waals surface area contributed by atoms with Crippen molar-refractivity contribution >= 4 is 5.91 Å². The van der Waals surface area contributed by atoms with Crippen LogP contribution in [0, 0.1) is 5.92 Å². The molecule has 1 N–H and O–H groups in total. The minimum absolute atomic E-state index is 0.0322. The molecule has 0 bridgehead atoms. The summed E-state index contributed by atoms with van der Waals surface area (Å²) >= 11 is 0. The number of carbonyl (C=O) groups is 1. The van der Waals surface area contributed by atoms with E-state index in [2.05, 4.69) is 10.4 Å². The molecule has 2 atom stereocenters. The first-order valence-electron chi connectivity index (χ1n) is 6.22. The summed E-state index contributed by atoms with van der Waals surface area (Å²) in [4.78, 5) is 11.8. The first-order valence-corrected chi connectivity index (χ1v) is 6.22. The summed E-state index contributed by atoms with van der Waals surface area (Å²) in [7, 11) is 1.68. The third-order valence-corrected chi connectivity index (χ3v) is 3.44. The molecule has 0 spiro atoms. The summed E-state index contributed by atoms with van der Waals surface area (Å²) in [5.41, 5.74) is 0.372. The summed E-state index contributed by atoms with van der Waals surface area (Å²) in [6.45, 7) is 0. The molecule has 1 saturated carbocycles. The van der Waals surface area contributed by atoms with Crippen molar-refractivity contribution in [3.05, 3.63) is 18.0 Å². The summed E-state index contributed by atoms with van der Waals surface area (Å²) in [6, 6.07) is -0.409. The van der Waals surface area contributed by atoms with Gasteiger partial charge in [-0.2, -0.15) is 18.3 Å². The van der Waals surface area contributed by atoms with Gasteiger partial charge in [-0.3, -0.25) is 9.48 Å². The Bertz CT molecular complexity index is 455. The molecule has 0 aliphatic heterocycles. The van der Waals surface area contributed by atoms with E-state index in [0.29, 0.717) is 18.4 Å². The van der Waals surface area contributed by atoms with E-state index >= 15 is 0 Å². The van der Waals surface area contributed by atoms with Crippen LogP contribution >= 0.6 is 0 Å². The van der Waals surface area contributed by atoms with Gasteiger partial charge in [0.15, 0.2) is 0 Å². The Kier molecular flexibility index (Phi) is 3.82. The molecule has 4 nitrogen and oxygen atoms in total. The number of halogens is 3. The summed E-state index contributed by atoms with van der Waals surface area (Å²) in [6.07, 6.45) is -0.0183. The van der Waals surface area contributed by atoms with Crippen LogP contribution in [0.4, 0.5) is 13.2 Å². The molecule has 106 valence electrons. The largest absolute Gasteiger partial charge is 0.391 e. The van der Waals surface area contributed by atoms with Crippen molar-refractivity contribution in [2.45, 2.75) is 37.9 Å². The van der Waals surface area contributed by atoms with E-state index in [9.17, 15) is 18.0 Å². The fourth-order valence-corrected chi connectivity index (χ4v) is 2.43. The van der Waals surface area contributed by atoms with Gasteiger partial charge in [-0.25, -0.2) is 0 Å². The number of carbonyl (C=O) groups excluding carboxylic acids is 1. The van der Waals surface area contributed by atoms with Gasteiger partial charge in [0, 0.05) is 19.3 Å². The number of nitrogens with zero attached hydrogens (tertiary/aromatic N) is 2. The van der Waals surface area contributed by atoms with E-state index in [0.717, 1.165) is 0 Å². The number of aromatic nitrogens is 2. The van der Waals surface area contributed by atoms with Gasteiger partial charge in [0.25, 0.3) is 5.91 Å². The summed E-state index contributed by atoms with van der Waals surface area (Å²) in [5, 5.41) is 6.52. The maximum absolute atomic E-state index is 12.7. The predicted molar refractivity (Wildman–Crippen MR) is 62.5 cm³/mol. The van der Waals surface area contributed by atoms with E-state index in [1.165, 1.54) is 10.9 Å². The molecule has 1 amide bonds. The number of alkyl halides is 3. The average molecular weight is 275 g/mol. The second-order valence-electron chi connectivity index (χ2n) is 4.98. The Morgan fingerprint density at radius 2 is 2.21 bits per heavy atom. The van der Waals surface area contributed by atoms with Gasteiger partial charge in [0.05, 0.1) is 17.7 Å². The van der Waals surface area contributed by atoms with Crippen LogP contribution in [0.3, 0.4) is 0 Å². The SMILES string of the molecule is Cn1cc(C(=O)N[C@H]2CCC[C@@H](C(F)(F)F)C2)cn1. The Hall–Kier alpha value is -1.53. The van der Waals surface area contributed by atoms with Crippen LogP contribution in [0.2, 0.25) is 0 Å². The molecule has 1 aromatic rings. The molecular weight excluding hydrogens is 259 g/mol. The highest BCUT2D eigenvalue weighted by Gasteiger charge is 2.42. The molecule has 1 fully saturated rings. The molecule has 1 aliphatic rings. The molecule has 19 heavy (non-hydrogen) atoms. The Labute approximate surface area is 109 Å². The molecule has 2 rings (SSSR count). The van der Waals surface area contributed by atoms with E-state index in [1.807, 2.05) is 0 Å². The lowest BCUT2D eigenvalue weighted by Crippen LogP contribution is -2.41. The van der Waals surface area contributed by atoms with Crippen molar-refractivity contribution in [3.63, 3.8) is 0 Å². The fraction of sp³-hybridized carbons (Fsp3) is 0.667. The lowest BCUT2D eigenvalue weighted by Gasteiger charge is -2.30. The molecule has 1 heterocycles. The van der Waals surface area contributed by atoms with Crippen molar-refractivity contribution in [2.75, 3.05) is 0 Å². The zero-order valence-corrected chi connectivity index (χ0v) is 10.6. The van der Waals surface area contributed by atoms with Gasteiger partial charge < -0.3 is 5.32 Å². The second-order valence-corrected chi connectivity index (χ2v) is 4.98. The van der Waals surface area contributed by atoms with Gasteiger partial charge in [-0.05, 0) is 19.3 Å². The van der Waals surface area contributed by atoms with Crippen LogP contribution in [-0.2, 0) is 7.05 Å². The maximum Gasteiger partial charge on any atom is 0.391 e. The quantitative estimate of drug-likeness (QED) is 0.900. The second kappa shape index (κ2) is 5.22. The van der Waals surface area contributed by atoms with Gasteiger partial charge in [0.1, 0.15) is 0 Å². The molecule has 1 aliphatic carbocycles. The minimum atomic E-state index is -4.17. The summed E-state index contributed by atoms with van der Waals surface area (Å²) < 4.78 is 39.4. The molecular formula is C12H16F3N3O. The van der Waals surface area contributed by atoms with Crippen molar-refractivity contribution in [3.8, 4) is 0 Å². The first kappa shape index (κ1) is 13.9. The molecule has 0 saturated heterocycles. The van der Waals surface area contributed by atoms with Gasteiger partial charge in [-0.15, -0.1) is 0 Å². The van der Waals surface area contributed by atoms with Crippen molar-refractivity contribution in [2.24, 2.45) is 13.0 Å². The topological polar surface area (TPSA) is 46.9 Å². The first-order chi connectivity index (χ1) is 8.86. The van der Waals surface area contributed by atoms with Crippen LogP contribution in [0.1, 0.15) is 36.0 Å². The fourth-order valence-electron chi connectivity index (χ4n) is 2.43. The highest BCUT2D eigenvalue weighted by atomic mass is 19.4. The molecule has 7 heteroatoms. The Morgan fingerprint density at radius 3 is 2.79 bits per heavy atom. The molecule has 0 radical (unpaired) electrons. The number of nitrogens with one attached hydrogen (secondary N) is 1. The van der Waals surface area contributed by atoms with E-state index in [4.69, 9.17) is 0 Å². The number of hydrogen-bond acceptors (Lipinski definition) is 2. The molecule has 0 unspecified atom stereocenters. The highest BCUT2D eigenvalue weighted by Crippen LogP contribution is 2.37. The van der Waals surface area contributed by atoms with E-state index in [1.54, 1.807) is 13.2 Å². The van der Waals surface area contributed by atoms with Crippen molar-refractivity contribution < 1.29 is 18.0 Å². The lowest BCUT2D eigenvalue weighted by atomic mass is 9.85. The van der Waals surface area contributed by atoms with Crippen LogP contribution in [0.25, 0.3) is 0 Å². The van der Waals surface area contributed by atoms with Gasteiger partial charge in [0.2, 0.25) is 0 Å². The summed E-state index contributed by atoms with van der Waals surface area (Å²) in [5.74, 6) is -1.67. The van der Waals surface area contributed by atoms with Gasteiger partial charge in [-0.1, -0.05) is 6.42 Å². The zero-order valence-electron chi connectivity index (χ0n) is 10.6. The van der Waals surface area contributed by atoms with Crippen LogP contribution in [0.5, 0.6) is 0 Å². The van der Waals surface area contributed by atoms with E-state index < -0.39 is 18.1 Å². The third kappa shape index (κ3) is 3.48. The standard InChI is InChI=1S/C12H16F3N3O/c1-18-7-8(6-16-18)11(19)17-10-4-2-3-9(5-10)12(13,14)15/h6-7,9-10H,2-5H2,1H3,(H,17,19)/t9-,10+/m1/s1. The number of hydrogen-bond donors (Lipinski definition) is 1. The van der Waals surface area contributed by atoms with Crippen LogP contribution in [-0.4, -0.2) is 27.9 Å². The molecule has 0 aromatic carbocycles. The van der Waals surface area contributed by atoms with Crippen LogP contribution in [0.15, 0.2) is 12.4 Å². The number of rotatable bonds is 2. The predicted octanol–water partition coefficient (Wildman–Crippen LogP) is 2.27. The third-order valence-electron chi connectivity index (χ3n) is 3.44. The Balaban J connectivity index is 1.94. The number of aryl methyl sites for hydroxylation is 1. The molecule has 1 aromatic heterocycles. The van der Waals surface area contributed by atoms with Gasteiger partial charge >= 0.3 is 6.18 Å². The average Bonchev–Trinajstić information content (AvgIpc) is 2.75. The van der Waals surface area contributed by atoms with Crippen LogP contribution < -0.4 is 5.32 Å². The minimum Gasteiger partial charge on any atom is -0.349 e. The lowest BCUT2D eigenvalue weighted by molar-refractivity contribution is -0.183.